The molecule has 0 heterocycles. The fourth-order valence-corrected chi connectivity index (χ4v) is 5.63. The third kappa shape index (κ3) is 29.7. The van der Waals surface area contributed by atoms with Crippen LogP contribution in [0, 0.1) is 0 Å². The van der Waals surface area contributed by atoms with E-state index in [9.17, 15) is 4.57 Å². The molecule has 36 heavy (non-hydrogen) atoms. The Morgan fingerprint density at radius 3 is 0.778 bits per heavy atom. The third-order valence-corrected chi connectivity index (χ3v) is 8.24. The van der Waals surface area contributed by atoms with Crippen molar-refractivity contribution in [1.82, 2.24) is 0 Å². The summed E-state index contributed by atoms with van der Waals surface area (Å²) in [6.45, 7) is 8.18. The van der Waals surface area contributed by atoms with E-state index in [1.807, 2.05) is 0 Å². The second-order valence-corrected chi connectivity index (χ2v) is 12.0. The van der Waals surface area contributed by atoms with E-state index in [0.29, 0.717) is 19.8 Å². The van der Waals surface area contributed by atoms with Crippen molar-refractivity contribution in [1.29, 1.82) is 0 Å². The van der Waals surface area contributed by atoms with Gasteiger partial charge < -0.3 is 0 Å². The topological polar surface area (TPSA) is 44.8 Å². The summed E-state index contributed by atoms with van der Waals surface area (Å²) in [5, 5.41) is 0. The Bertz CT molecular complexity index is 389. The number of hydrogen-bond acceptors (Lipinski definition) is 4. The Morgan fingerprint density at radius 1 is 0.361 bits per heavy atom. The summed E-state index contributed by atoms with van der Waals surface area (Å²) in [6.07, 6.45) is 29.7. The van der Waals surface area contributed by atoms with Gasteiger partial charge in [0.2, 0.25) is 0 Å². The van der Waals surface area contributed by atoms with Gasteiger partial charge >= 0.3 is 37.4 Å². The zero-order valence-corrected chi connectivity index (χ0v) is 25.1. The van der Waals surface area contributed by atoms with E-state index >= 15 is 0 Å². The Balaban J connectivity index is 0. The van der Waals surface area contributed by atoms with Crippen LogP contribution in [0.5, 0.6) is 0 Å². The number of hydrogen-bond donors (Lipinski definition) is 0. The monoisotopic (exact) mass is 542 g/mol. The van der Waals surface area contributed by atoms with E-state index in [4.69, 9.17) is 13.6 Å². The van der Waals surface area contributed by atoms with Crippen LogP contribution in [-0.4, -0.2) is 49.4 Å². The number of unbranched alkanes of at least 4 members (excludes halogenated alkanes) is 21. The molecule has 0 radical (unpaired) electrons. The second-order valence-electron chi connectivity index (χ2n) is 10.4. The first kappa shape index (κ1) is 39.3. The van der Waals surface area contributed by atoms with Crippen LogP contribution in [0.15, 0.2) is 0 Å². The van der Waals surface area contributed by atoms with Crippen molar-refractivity contribution >= 4 is 37.4 Å². The van der Waals surface area contributed by atoms with Gasteiger partial charge in [0.05, 0.1) is 19.8 Å². The van der Waals surface area contributed by atoms with Crippen LogP contribution in [0.2, 0.25) is 0 Å². The van der Waals surface area contributed by atoms with Crippen molar-refractivity contribution in [2.45, 2.75) is 175 Å². The molecule has 4 nitrogen and oxygen atoms in total. The Labute approximate surface area is 249 Å². The van der Waals surface area contributed by atoms with Crippen molar-refractivity contribution in [2.24, 2.45) is 0 Å². The zero-order chi connectivity index (χ0) is 25.7. The average molecular weight is 543 g/mol. The zero-order valence-electron chi connectivity index (χ0n) is 24.2. The third-order valence-electron chi connectivity index (χ3n) is 6.74. The van der Waals surface area contributed by atoms with E-state index in [1.165, 1.54) is 116 Å². The van der Waals surface area contributed by atoms with Gasteiger partial charge in [-0.3, -0.25) is 13.6 Å². The molecule has 0 aliphatic rings. The molecule has 0 unspecified atom stereocenters. The van der Waals surface area contributed by atoms with E-state index < -0.39 is 7.82 Å². The standard InChI is InChI=1S/C30H63O4P.Na.H/c1-4-7-10-13-16-19-22-25-28-32-35(31,33-29-26-23-20-17-14-11-8-5-2)34-30-27-24-21-18-15-12-9-6-3;;/h4-30H2,1-3H3;;. The molecule has 0 atom stereocenters. The first-order valence-electron chi connectivity index (χ1n) is 15.7. The van der Waals surface area contributed by atoms with Gasteiger partial charge in [0.1, 0.15) is 0 Å². The van der Waals surface area contributed by atoms with Crippen molar-refractivity contribution in [3.8, 4) is 0 Å². The Morgan fingerprint density at radius 2 is 0.556 bits per heavy atom. The van der Waals surface area contributed by atoms with Crippen LogP contribution < -0.4 is 0 Å². The van der Waals surface area contributed by atoms with Crippen LogP contribution in [-0.2, 0) is 18.1 Å². The molecule has 214 valence electrons. The first-order chi connectivity index (χ1) is 17.2. The molecule has 0 bridgehead atoms. The van der Waals surface area contributed by atoms with Gasteiger partial charge in [-0.05, 0) is 19.3 Å². The molecular formula is C30H64NaO4P. The van der Waals surface area contributed by atoms with Crippen LogP contribution in [0.25, 0.3) is 0 Å². The number of phosphoric acid groups is 1. The molecule has 0 saturated carbocycles. The fourth-order valence-electron chi connectivity index (χ4n) is 4.35. The number of rotatable bonds is 30. The summed E-state index contributed by atoms with van der Waals surface area (Å²) in [5.41, 5.74) is 0. The van der Waals surface area contributed by atoms with Gasteiger partial charge in [-0.25, -0.2) is 4.57 Å². The molecule has 0 aliphatic carbocycles. The first-order valence-corrected chi connectivity index (χ1v) is 17.2. The van der Waals surface area contributed by atoms with Gasteiger partial charge in [-0.15, -0.1) is 0 Å². The maximum absolute atomic E-state index is 13.2. The SMILES string of the molecule is CCCCCCCCCCOP(=O)(OCCCCCCCCCC)OCCCCCCCCCC.[NaH]. The fraction of sp³-hybridized carbons (Fsp3) is 1.00. The normalized spacial score (nSPS) is 11.6. The Kier molecular flexibility index (Phi) is 35.2. The van der Waals surface area contributed by atoms with Crippen LogP contribution in [0.3, 0.4) is 0 Å². The summed E-state index contributed by atoms with van der Waals surface area (Å²) >= 11 is 0. The van der Waals surface area contributed by atoms with E-state index in [0.717, 1.165) is 38.5 Å². The van der Waals surface area contributed by atoms with Crippen LogP contribution in [0.1, 0.15) is 175 Å². The average Bonchev–Trinajstić information content (AvgIpc) is 2.86. The molecule has 0 aromatic carbocycles. The molecule has 0 fully saturated rings. The summed E-state index contributed by atoms with van der Waals surface area (Å²) in [6, 6.07) is 0. The molecule has 0 aromatic rings. The predicted molar refractivity (Wildman–Crippen MR) is 160 cm³/mol. The quantitative estimate of drug-likeness (QED) is 0.0514. The maximum atomic E-state index is 13.2. The predicted octanol–water partition coefficient (Wildman–Crippen LogP) is 10.9. The van der Waals surface area contributed by atoms with Crippen molar-refractivity contribution in [3.05, 3.63) is 0 Å². The van der Waals surface area contributed by atoms with Gasteiger partial charge in [0.25, 0.3) is 0 Å². The van der Waals surface area contributed by atoms with Gasteiger partial charge in [-0.2, -0.15) is 0 Å². The molecule has 0 aromatic heterocycles. The molecule has 0 aliphatic heterocycles. The van der Waals surface area contributed by atoms with Gasteiger partial charge in [-0.1, -0.05) is 156 Å². The van der Waals surface area contributed by atoms with E-state index in [1.54, 1.807) is 0 Å². The summed E-state index contributed by atoms with van der Waals surface area (Å²) < 4.78 is 30.4. The minimum absolute atomic E-state index is 0. The van der Waals surface area contributed by atoms with Crippen LogP contribution in [0.4, 0.5) is 0 Å². The molecular weight excluding hydrogens is 478 g/mol. The molecule has 0 amide bonds. The van der Waals surface area contributed by atoms with Gasteiger partial charge in [0.15, 0.2) is 0 Å². The molecule has 0 rings (SSSR count). The number of phosphoric ester groups is 1. The van der Waals surface area contributed by atoms with Crippen molar-refractivity contribution < 1.29 is 18.1 Å². The summed E-state index contributed by atoms with van der Waals surface area (Å²) in [4.78, 5) is 0. The molecule has 6 heteroatoms. The molecule has 0 saturated heterocycles. The van der Waals surface area contributed by atoms with Crippen molar-refractivity contribution in [3.63, 3.8) is 0 Å². The van der Waals surface area contributed by atoms with Gasteiger partial charge in [0, 0.05) is 0 Å². The van der Waals surface area contributed by atoms with Crippen molar-refractivity contribution in [2.75, 3.05) is 19.8 Å². The summed E-state index contributed by atoms with van der Waals surface area (Å²) in [7, 11) is -3.43. The second kappa shape index (κ2) is 32.3. The van der Waals surface area contributed by atoms with Crippen LogP contribution >= 0.6 is 7.82 Å². The van der Waals surface area contributed by atoms with E-state index in [2.05, 4.69) is 20.8 Å². The van der Waals surface area contributed by atoms with E-state index in [-0.39, 0.29) is 29.6 Å². The molecule has 0 N–H and O–H groups in total. The molecule has 0 spiro atoms. The summed E-state index contributed by atoms with van der Waals surface area (Å²) in [5.74, 6) is 0. The minimum atomic E-state index is -3.43. The Hall–Kier alpha value is 1.11.